The van der Waals surface area contributed by atoms with Crippen molar-refractivity contribution in [2.45, 2.75) is 18.4 Å². The van der Waals surface area contributed by atoms with Crippen molar-refractivity contribution in [3.8, 4) is 0 Å². The Bertz CT molecular complexity index is 829. The fourth-order valence-corrected chi connectivity index (χ4v) is 2.98. The van der Waals surface area contributed by atoms with Gasteiger partial charge in [0.2, 0.25) is 0 Å². The van der Waals surface area contributed by atoms with Gasteiger partial charge in [-0.1, -0.05) is 84.9 Å². The molecule has 0 saturated heterocycles. The van der Waals surface area contributed by atoms with Crippen LogP contribution in [0, 0.1) is 0 Å². The summed E-state index contributed by atoms with van der Waals surface area (Å²) in [7, 11) is 0. The molecule has 0 fully saturated rings. The largest absolute Gasteiger partial charge is 0.372 e. The zero-order valence-corrected chi connectivity index (χ0v) is 13.9. The van der Waals surface area contributed by atoms with Gasteiger partial charge in [0.05, 0.1) is 0 Å². The van der Waals surface area contributed by atoms with Crippen LogP contribution in [-0.2, 0) is 23.2 Å². The fourth-order valence-electron chi connectivity index (χ4n) is 2.98. The molecule has 0 spiro atoms. The minimum Gasteiger partial charge on any atom is -0.372 e. The molecule has 0 aliphatic heterocycles. The van der Waals surface area contributed by atoms with E-state index in [1.807, 2.05) is 36.4 Å². The zero-order chi connectivity index (χ0) is 17.7. The number of aryl methyl sites for hydroxylation is 2. The molecule has 0 bridgehead atoms. The Kier molecular flexibility index (Phi) is 4.96. The fraction of sp³-hybridized carbons (Fsp3) is 0.136. The molecule has 3 rings (SSSR count). The molecule has 25 heavy (non-hydrogen) atoms. The van der Waals surface area contributed by atoms with E-state index in [1.54, 1.807) is 36.4 Å². The summed E-state index contributed by atoms with van der Waals surface area (Å²) in [5, 5.41) is 11.0. The number of hydrogen-bond donors (Lipinski definition) is 2. The standard InChI is InChI=1S/C22H21NO2/c23-21(24)22(25,19-9-5-2-6-10-19)20-15-13-18(14-16-20)12-11-17-7-3-1-4-8-17/h1-10,13-16,25H,11-12H2,(H2,23,24). The number of primary amides is 1. The molecule has 126 valence electrons. The van der Waals surface area contributed by atoms with Crippen molar-refractivity contribution in [3.05, 3.63) is 107 Å². The van der Waals surface area contributed by atoms with Crippen molar-refractivity contribution in [3.63, 3.8) is 0 Å². The highest BCUT2D eigenvalue weighted by Gasteiger charge is 2.37. The molecular weight excluding hydrogens is 310 g/mol. The van der Waals surface area contributed by atoms with E-state index in [9.17, 15) is 9.90 Å². The molecule has 3 N–H and O–H groups in total. The van der Waals surface area contributed by atoms with Crippen LogP contribution in [0.5, 0.6) is 0 Å². The zero-order valence-electron chi connectivity index (χ0n) is 13.9. The van der Waals surface area contributed by atoms with Gasteiger partial charge in [-0.15, -0.1) is 0 Å². The molecule has 3 aromatic carbocycles. The van der Waals surface area contributed by atoms with Crippen LogP contribution >= 0.6 is 0 Å². The van der Waals surface area contributed by atoms with Crippen molar-refractivity contribution in [2.24, 2.45) is 5.73 Å². The molecule has 0 aromatic heterocycles. The molecule has 0 heterocycles. The first-order valence-corrected chi connectivity index (χ1v) is 8.32. The number of hydrogen-bond acceptors (Lipinski definition) is 2. The second kappa shape index (κ2) is 7.32. The second-order valence-corrected chi connectivity index (χ2v) is 6.12. The van der Waals surface area contributed by atoms with E-state index in [1.165, 1.54) is 5.56 Å². The first kappa shape index (κ1) is 16.9. The number of rotatable bonds is 6. The van der Waals surface area contributed by atoms with E-state index in [0.29, 0.717) is 11.1 Å². The van der Waals surface area contributed by atoms with Crippen LogP contribution in [0.15, 0.2) is 84.9 Å². The molecule has 1 amide bonds. The van der Waals surface area contributed by atoms with Gasteiger partial charge in [0.15, 0.2) is 5.60 Å². The molecule has 1 atom stereocenters. The third-order valence-electron chi connectivity index (χ3n) is 4.47. The monoisotopic (exact) mass is 331 g/mol. The van der Waals surface area contributed by atoms with Gasteiger partial charge < -0.3 is 10.8 Å². The van der Waals surface area contributed by atoms with Crippen molar-refractivity contribution in [1.82, 2.24) is 0 Å². The van der Waals surface area contributed by atoms with Gasteiger partial charge in [0.1, 0.15) is 0 Å². The van der Waals surface area contributed by atoms with Gasteiger partial charge in [-0.25, -0.2) is 0 Å². The Labute approximate surface area is 147 Å². The van der Waals surface area contributed by atoms with Crippen LogP contribution in [0.3, 0.4) is 0 Å². The van der Waals surface area contributed by atoms with E-state index < -0.39 is 11.5 Å². The molecule has 0 aliphatic carbocycles. The maximum absolute atomic E-state index is 12.0. The van der Waals surface area contributed by atoms with Gasteiger partial charge in [-0.3, -0.25) is 4.79 Å². The summed E-state index contributed by atoms with van der Waals surface area (Å²) in [5.74, 6) is -0.782. The summed E-state index contributed by atoms with van der Waals surface area (Å²) in [6.45, 7) is 0. The lowest BCUT2D eigenvalue weighted by molar-refractivity contribution is -0.133. The van der Waals surface area contributed by atoms with Crippen LogP contribution in [0.4, 0.5) is 0 Å². The summed E-state index contributed by atoms with van der Waals surface area (Å²) in [6.07, 6.45) is 1.84. The van der Waals surface area contributed by atoms with E-state index in [2.05, 4.69) is 12.1 Å². The summed E-state index contributed by atoms with van der Waals surface area (Å²) < 4.78 is 0. The number of carbonyl (C=O) groups is 1. The second-order valence-electron chi connectivity index (χ2n) is 6.12. The highest BCUT2D eigenvalue weighted by molar-refractivity contribution is 5.88. The Morgan fingerprint density at radius 3 is 1.68 bits per heavy atom. The molecular formula is C22H21NO2. The molecule has 0 saturated carbocycles. The number of aliphatic hydroxyl groups is 1. The summed E-state index contributed by atoms with van der Waals surface area (Å²) >= 11 is 0. The molecule has 3 nitrogen and oxygen atoms in total. The van der Waals surface area contributed by atoms with Gasteiger partial charge in [-0.2, -0.15) is 0 Å². The van der Waals surface area contributed by atoms with Crippen LogP contribution < -0.4 is 5.73 Å². The number of amides is 1. The van der Waals surface area contributed by atoms with Crippen molar-refractivity contribution >= 4 is 5.91 Å². The molecule has 3 heteroatoms. The van der Waals surface area contributed by atoms with E-state index in [4.69, 9.17) is 5.73 Å². The van der Waals surface area contributed by atoms with Gasteiger partial charge in [-0.05, 0) is 35.1 Å². The summed E-state index contributed by atoms with van der Waals surface area (Å²) in [4.78, 5) is 12.0. The quantitative estimate of drug-likeness (QED) is 0.728. The van der Waals surface area contributed by atoms with E-state index in [0.717, 1.165) is 18.4 Å². The van der Waals surface area contributed by atoms with Crippen LogP contribution in [0.25, 0.3) is 0 Å². The third-order valence-corrected chi connectivity index (χ3v) is 4.47. The number of benzene rings is 3. The normalized spacial score (nSPS) is 13.2. The van der Waals surface area contributed by atoms with Crippen molar-refractivity contribution in [1.29, 1.82) is 0 Å². The molecule has 3 aromatic rings. The predicted molar refractivity (Wildman–Crippen MR) is 98.9 cm³/mol. The van der Waals surface area contributed by atoms with E-state index in [-0.39, 0.29) is 0 Å². The lowest BCUT2D eigenvalue weighted by atomic mass is 9.85. The van der Waals surface area contributed by atoms with Crippen molar-refractivity contribution < 1.29 is 9.90 Å². The minimum atomic E-state index is -1.82. The highest BCUT2D eigenvalue weighted by Crippen LogP contribution is 2.29. The smallest absolute Gasteiger partial charge is 0.258 e. The van der Waals surface area contributed by atoms with Gasteiger partial charge in [0.25, 0.3) is 5.91 Å². The van der Waals surface area contributed by atoms with Gasteiger partial charge in [0, 0.05) is 0 Å². The minimum absolute atomic E-state index is 0.472. The predicted octanol–water partition coefficient (Wildman–Crippen LogP) is 3.19. The first-order chi connectivity index (χ1) is 12.1. The lowest BCUT2D eigenvalue weighted by Gasteiger charge is -2.26. The Hall–Kier alpha value is -2.91. The average Bonchev–Trinajstić information content (AvgIpc) is 2.67. The average molecular weight is 331 g/mol. The molecule has 1 unspecified atom stereocenters. The van der Waals surface area contributed by atoms with Crippen molar-refractivity contribution in [2.75, 3.05) is 0 Å². The SMILES string of the molecule is NC(=O)C(O)(c1ccccc1)c1ccc(CCc2ccccc2)cc1. The maximum atomic E-state index is 12.0. The molecule has 0 aliphatic rings. The molecule has 0 radical (unpaired) electrons. The van der Waals surface area contributed by atoms with Crippen LogP contribution in [0.1, 0.15) is 22.3 Å². The third kappa shape index (κ3) is 3.62. The number of carbonyl (C=O) groups excluding carboxylic acids is 1. The highest BCUT2D eigenvalue weighted by atomic mass is 16.3. The summed E-state index contributed by atoms with van der Waals surface area (Å²) in [6, 6.07) is 26.5. The summed E-state index contributed by atoms with van der Waals surface area (Å²) in [5.41, 5.74) is 7.08. The lowest BCUT2D eigenvalue weighted by Crippen LogP contribution is -2.42. The Morgan fingerprint density at radius 2 is 1.16 bits per heavy atom. The van der Waals surface area contributed by atoms with E-state index >= 15 is 0 Å². The number of nitrogens with two attached hydrogens (primary N) is 1. The maximum Gasteiger partial charge on any atom is 0.258 e. The Balaban J connectivity index is 1.81. The topological polar surface area (TPSA) is 63.3 Å². The first-order valence-electron chi connectivity index (χ1n) is 8.32. The Morgan fingerprint density at radius 1 is 0.720 bits per heavy atom. The van der Waals surface area contributed by atoms with Gasteiger partial charge >= 0.3 is 0 Å². The van der Waals surface area contributed by atoms with Crippen LogP contribution in [-0.4, -0.2) is 11.0 Å². The van der Waals surface area contributed by atoms with Crippen LogP contribution in [0.2, 0.25) is 0 Å².